The van der Waals surface area contributed by atoms with E-state index in [4.69, 9.17) is 4.74 Å². The molecule has 2 aliphatic rings. The first-order valence-corrected chi connectivity index (χ1v) is 8.39. The zero-order chi connectivity index (χ0) is 14.7. The lowest BCUT2D eigenvalue weighted by Crippen LogP contribution is -2.51. The summed E-state index contributed by atoms with van der Waals surface area (Å²) in [4.78, 5) is 16.7. The summed E-state index contributed by atoms with van der Waals surface area (Å²) >= 11 is 3.46. The first-order chi connectivity index (χ1) is 10.2. The van der Waals surface area contributed by atoms with Crippen LogP contribution in [0.4, 0.5) is 0 Å². The Morgan fingerprint density at radius 2 is 1.90 bits per heavy atom. The van der Waals surface area contributed by atoms with E-state index in [1.807, 2.05) is 4.90 Å². The Morgan fingerprint density at radius 1 is 1.19 bits per heavy atom. The maximum absolute atomic E-state index is 12.3. The summed E-state index contributed by atoms with van der Waals surface area (Å²) in [6.45, 7) is 5.20. The predicted octanol–water partition coefficient (Wildman–Crippen LogP) is 2.27. The molecule has 4 nitrogen and oxygen atoms in total. The highest BCUT2D eigenvalue weighted by Gasteiger charge is 2.30. The molecule has 2 heterocycles. The Hall–Kier alpha value is -0.910. The first kappa shape index (κ1) is 15.0. The highest BCUT2D eigenvalue weighted by Crippen LogP contribution is 2.17. The third kappa shape index (κ3) is 3.84. The summed E-state index contributed by atoms with van der Waals surface area (Å²) in [5.74, 6) is 0.191. The van der Waals surface area contributed by atoms with Gasteiger partial charge in [0.25, 0.3) is 5.91 Å². The number of carbonyl (C=O) groups excluding carboxylic acids is 1. The number of nitrogens with zero attached hydrogens (tertiary/aromatic N) is 2. The van der Waals surface area contributed by atoms with Crippen LogP contribution in [0.2, 0.25) is 0 Å². The molecule has 0 bridgehead atoms. The van der Waals surface area contributed by atoms with Crippen molar-refractivity contribution in [3.63, 3.8) is 0 Å². The van der Waals surface area contributed by atoms with Gasteiger partial charge in [-0.15, -0.1) is 0 Å². The van der Waals surface area contributed by atoms with Crippen LogP contribution in [-0.2, 0) is 16.1 Å². The van der Waals surface area contributed by atoms with E-state index in [0.29, 0.717) is 0 Å². The molecule has 0 aromatic heterocycles. The topological polar surface area (TPSA) is 32.8 Å². The van der Waals surface area contributed by atoms with Gasteiger partial charge in [0.15, 0.2) is 0 Å². The number of benzene rings is 1. The number of piperazine rings is 1. The molecule has 2 saturated heterocycles. The zero-order valence-electron chi connectivity index (χ0n) is 12.1. The van der Waals surface area contributed by atoms with Gasteiger partial charge in [-0.1, -0.05) is 28.1 Å². The van der Waals surface area contributed by atoms with Crippen LogP contribution >= 0.6 is 15.9 Å². The molecule has 1 aromatic rings. The molecule has 2 aliphatic heterocycles. The van der Waals surface area contributed by atoms with Crippen molar-refractivity contribution in [2.24, 2.45) is 0 Å². The van der Waals surface area contributed by atoms with E-state index in [0.717, 1.165) is 56.6 Å². The van der Waals surface area contributed by atoms with Crippen LogP contribution < -0.4 is 0 Å². The molecule has 0 N–H and O–H groups in total. The van der Waals surface area contributed by atoms with Crippen molar-refractivity contribution in [1.29, 1.82) is 0 Å². The molecular formula is C16H21BrN2O2. The van der Waals surface area contributed by atoms with Gasteiger partial charge in [-0.2, -0.15) is 0 Å². The standard InChI is InChI=1S/C16H21BrN2O2/c17-14-5-3-13(4-6-14)12-18-7-9-19(10-8-18)16(20)15-2-1-11-21-15/h3-6,15H,1-2,7-12H2. The average Bonchev–Trinajstić information content (AvgIpc) is 3.04. The van der Waals surface area contributed by atoms with E-state index in [-0.39, 0.29) is 12.0 Å². The smallest absolute Gasteiger partial charge is 0.251 e. The summed E-state index contributed by atoms with van der Waals surface area (Å²) in [6.07, 6.45) is 1.72. The van der Waals surface area contributed by atoms with Crippen molar-refractivity contribution in [2.75, 3.05) is 32.8 Å². The van der Waals surface area contributed by atoms with Gasteiger partial charge in [-0.3, -0.25) is 9.69 Å². The largest absolute Gasteiger partial charge is 0.368 e. The van der Waals surface area contributed by atoms with Gasteiger partial charge in [0.05, 0.1) is 0 Å². The van der Waals surface area contributed by atoms with Crippen molar-refractivity contribution in [2.45, 2.75) is 25.5 Å². The summed E-state index contributed by atoms with van der Waals surface area (Å²) in [7, 11) is 0. The number of hydrogen-bond donors (Lipinski definition) is 0. The Kier molecular flexibility index (Phi) is 4.93. The van der Waals surface area contributed by atoms with Crippen LogP contribution in [0.1, 0.15) is 18.4 Å². The monoisotopic (exact) mass is 352 g/mol. The first-order valence-electron chi connectivity index (χ1n) is 7.59. The summed E-state index contributed by atoms with van der Waals surface area (Å²) in [5, 5.41) is 0. The number of halogens is 1. The second-order valence-electron chi connectivity index (χ2n) is 5.73. The molecular weight excluding hydrogens is 332 g/mol. The lowest BCUT2D eigenvalue weighted by atomic mass is 10.1. The molecule has 2 fully saturated rings. The van der Waals surface area contributed by atoms with Crippen LogP contribution in [0.5, 0.6) is 0 Å². The second-order valence-corrected chi connectivity index (χ2v) is 6.65. The zero-order valence-corrected chi connectivity index (χ0v) is 13.7. The van der Waals surface area contributed by atoms with Crippen LogP contribution in [0.3, 0.4) is 0 Å². The van der Waals surface area contributed by atoms with Gasteiger partial charge in [0, 0.05) is 43.8 Å². The van der Waals surface area contributed by atoms with Gasteiger partial charge < -0.3 is 9.64 Å². The minimum atomic E-state index is -0.178. The van der Waals surface area contributed by atoms with Crippen molar-refractivity contribution in [3.05, 3.63) is 34.3 Å². The van der Waals surface area contributed by atoms with E-state index in [9.17, 15) is 4.79 Å². The number of amides is 1. The second kappa shape index (κ2) is 6.90. The number of carbonyl (C=O) groups is 1. The van der Waals surface area contributed by atoms with Crippen LogP contribution in [0.25, 0.3) is 0 Å². The van der Waals surface area contributed by atoms with E-state index in [1.165, 1.54) is 5.56 Å². The normalized spacial score (nSPS) is 23.5. The summed E-state index contributed by atoms with van der Waals surface area (Å²) < 4.78 is 6.60. The highest BCUT2D eigenvalue weighted by atomic mass is 79.9. The number of rotatable bonds is 3. The van der Waals surface area contributed by atoms with Crippen LogP contribution in [-0.4, -0.2) is 54.6 Å². The minimum Gasteiger partial charge on any atom is -0.368 e. The number of hydrogen-bond acceptors (Lipinski definition) is 3. The van der Waals surface area contributed by atoms with Crippen molar-refractivity contribution >= 4 is 21.8 Å². The van der Waals surface area contributed by atoms with E-state index in [1.54, 1.807) is 0 Å². The molecule has 0 saturated carbocycles. The SMILES string of the molecule is O=C(C1CCCO1)N1CCN(Cc2ccc(Br)cc2)CC1. The molecule has 3 rings (SSSR count). The van der Waals surface area contributed by atoms with Gasteiger partial charge in [-0.05, 0) is 30.5 Å². The summed E-state index contributed by atoms with van der Waals surface area (Å²) in [6, 6.07) is 8.45. The fourth-order valence-electron chi connectivity index (χ4n) is 2.95. The van der Waals surface area contributed by atoms with Gasteiger partial charge in [-0.25, -0.2) is 0 Å². The average molecular weight is 353 g/mol. The Bertz CT molecular complexity index is 478. The van der Waals surface area contributed by atoms with Gasteiger partial charge >= 0.3 is 0 Å². The van der Waals surface area contributed by atoms with Crippen molar-refractivity contribution in [3.8, 4) is 0 Å². The van der Waals surface area contributed by atoms with Crippen LogP contribution in [0, 0.1) is 0 Å². The Morgan fingerprint density at radius 3 is 2.52 bits per heavy atom. The molecule has 1 amide bonds. The molecule has 1 aromatic carbocycles. The molecule has 0 radical (unpaired) electrons. The fraction of sp³-hybridized carbons (Fsp3) is 0.562. The maximum Gasteiger partial charge on any atom is 0.251 e. The molecule has 21 heavy (non-hydrogen) atoms. The molecule has 0 aliphatic carbocycles. The Balaban J connectivity index is 1.48. The maximum atomic E-state index is 12.3. The molecule has 114 valence electrons. The van der Waals surface area contributed by atoms with Crippen LogP contribution in [0.15, 0.2) is 28.7 Å². The molecule has 5 heteroatoms. The third-order valence-electron chi connectivity index (χ3n) is 4.21. The minimum absolute atomic E-state index is 0.178. The Labute approximate surface area is 134 Å². The molecule has 1 atom stereocenters. The van der Waals surface area contributed by atoms with Crippen molar-refractivity contribution < 1.29 is 9.53 Å². The fourth-order valence-corrected chi connectivity index (χ4v) is 3.21. The van der Waals surface area contributed by atoms with Gasteiger partial charge in [0.2, 0.25) is 0 Å². The quantitative estimate of drug-likeness (QED) is 0.836. The van der Waals surface area contributed by atoms with E-state index in [2.05, 4.69) is 45.1 Å². The predicted molar refractivity (Wildman–Crippen MR) is 85.0 cm³/mol. The molecule has 1 unspecified atom stereocenters. The third-order valence-corrected chi connectivity index (χ3v) is 4.74. The molecule has 0 spiro atoms. The van der Waals surface area contributed by atoms with Crippen molar-refractivity contribution in [1.82, 2.24) is 9.80 Å². The lowest BCUT2D eigenvalue weighted by molar-refractivity contribution is -0.142. The van der Waals surface area contributed by atoms with Gasteiger partial charge in [0.1, 0.15) is 6.10 Å². The lowest BCUT2D eigenvalue weighted by Gasteiger charge is -2.35. The van der Waals surface area contributed by atoms with E-state index < -0.39 is 0 Å². The highest BCUT2D eigenvalue weighted by molar-refractivity contribution is 9.10. The number of ether oxygens (including phenoxy) is 1. The summed E-state index contributed by atoms with van der Waals surface area (Å²) in [5.41, 5.74) is 1.32. The van der Waals surface area contributed by atoms with E-state index >= 15 is 0 Å².